The Hall–Kier alpha value is -1.05. The second-order valence-corrected chi connectivity index (χ2v) is 1.87. The fourth-order valence-electron chi connectivity index (χ4n) is 0.660. The van der Waals surface area contributed by atoms with Gasteiger partial charge in [0.1, 0.15) is 0 Å². The Morgan fingerprint density at radius 2 is 1.92 bits per heavy atom. The van der Waals surface area contributed by atoms with Crippen molar-refractivity contribution in [3.63, 3.8) is 0 Å². The van der Waals surface area contributed by atoms with Crippen molar-refractivity contribution in [1.29, 1.82) is 0 Å². The van der Waals surface area contributed by atoms with E-state index in [2.05, 4.69) is 13.2 Å². The quantitative estimate of drug-likeness (QED) is 0.467. The van der Waals surface area contributed by atoms with Crippen LogP contribution in [0.5, 0.6) is 0 Å². The van der Waals surface area contributed by atoms with Gasteiger partial charge in [-0.1, -0.05) is 26.5 Å². The van der Waals surface area contributed by atoms with E-state index in [-0.39, 0.29) is 5.91 Å². The van der Waals surface area contributed by atoms with Crippen LogP contribution in [-0.4, -0.2) is 23.9 Å². The third-order valence-corrected chi connectivity index (χ3v) is 1.22. The Balaban J connectivity index is 0. The van der Waals surface area contributed by atoms with Crippen molar-refractivity contribution in [2.45, 2.75) is 20.8 Å². The van der Waals surface area contributed by atoms with Crippen LogP contribution in [0.15, 0.2) is 25.3 Å². The summed E-state index contributed by atoms with van der Waals surface area (Å²) in [4.78, 5) is 12.5. The average Bonchev–Trinajstić information content (AvgIpc) is 2.16. The van der Waals surface area contributed by atoms with Crippen molar-refractivity contribution >= 4 is 5.91 Å². The van der Waals surface area contributed by atoms with Gasteiger partial charge in [0, 0.05) is 13.1 Å². The lowest BCUT2D eigenvalue weighted by atomic mass is 10.4. The van der Waals surface area contributed by atoms with Crippen molar-refractivity contribution in [3.8, 4) is 0 Å². The molecule has 2 heteroatoms. The van der Waals surface area contributed by atoms with E-state index in [1.165, 1.54) is 6.08 Å². The Labute approximate surface area is 75.6 Å². The van der Waals surface area contributed by atoms with Gasteiger partial charge in [0.05, 0.1) is 0 Å². The molecule has 0 saturated carbocycles. The fourth-order valence-corrected chi connectivity index (χ4v) is 0.660. The standard InChI is InChI=1S/C8H13NO.C2H6/c1-4-7-9(6-3)8(10)5-2;1-2/h4-5H,1-2,6-7H2,3H3;1-2H3. The highest BCUT2D eigenvalue weighted by Crippen LogP contribution is 1.89. The number of carbonyl (C=O) groups excluding carboxylic acids is 1. The normalized spacial score (nSPS) is 7.58. The summed E-state index contributed by atoms with van der Waals surface area (Å²) < 4.78 is 0. The zero-order valence-electron chi connectivity index (χ0n) is 8.34. The predicted octanol–water partition coefficient (Wildman–Crippen LogP) is 2.23. The molecule has 0 aromatic carbocycles. The summed E-state index contributed by atoms with van der Waals surface area (Å²) in [6.45, 7) is 14.1. The molecular formula is C10H19NO. The topological polar surface area (TPSA) is 20.3 Å². The maximum atomic E-state index is 10.9. The van der Waals surface area contributed by atoms with Crippen molar-refractivity contribution in [3.05, 3.63) is 25.3 Å². The van der Waals surface area contributed by atoms with Gasteiger partial charge in [-0.05, 0) is 13.0 Å². The Bertz CT molecular complexity index is 141. The zero-order chi connectivity index (χ0) is 9.98. The number of carbonyl (C=O) groups is 1. The maximum absolute atomic E-state index is 10.9. The molecule has 12 heavy (non-hydrogen) atoms. The van der Waals surface area contributed by atoms with Crippen molar-refractivity contribution in [1.82, 2.24) is 4.90 Å². The highest BCUT2D eigenvalue weighted by molar-refractivity contribution is 5.87. The molecular weight excluding hydrogens is 150 g/mol. The van der Waals surface area contributed by atoms with Crippen molar-refractivity contribution < 1.29 is 4.79 Å². The molecule has 0 aliphatic heterocycles. The maximum Gasteiger partial charge on any atom is 0.246 e. The van der Waals surface area contributed by atoms with Gasteiger partial charge in [-0.2, -0.15) is 0 Å². The Morgan fingerprint density at radius 3 is 2.17 bits per heavy atom. The molecule has 0 aliphatic carbocycles. The summed E-state index contributed by atoms with van der Waals surface area (Å²) >= 11 is 0. The van der Waals surface area contributed by atoms with Crippen LogP contribution in [0.25, 0.3) is 0 Å². The molecule has 0 N–H and O–H groups in total. The van der Waals surface area contributed by atoms with Crippen LogP contribution in [0.2, 0.25) is 0 Å². The summed E-state index contributed by atoms with van der Waals surface area (Å²) in [5.74, 6) is -0.0394. The number of likely N-dealkylation sites (N-methyl/N-ethyl adjacent to an activating group) is 1. The number of hydrogen-bond donors (Lipinski definition) is 0. The summed E-state index contributed by atoms with van der Waals surface area (Å²) in [5, 5.41) is 0. The first-order valence-electron chi connectivity index (χ1n) is 4.28. The number of hydrogen-bond acceptors (Lipinski definition) is 1. The molecule has 0 bridgehead atoms. The summed E-state index contributed by atoms with van der Waals surface area (Å²) in [6, 6.07) is 0. The Kier molecular flexibility index (Phi) is 11.2. The van der Waals surface area contributed by atoms with E-state index >= 15 is 0 Å². The van der Waals surface area contributed by atoms with Crippen molar-refractivity contribution in [2.75, 3.05) is 13.1 Å². The van der Waals surface area contributed by atoms with Crippen LogP contribution in [0.4, 0.5) is 0 Å². The number of nitrogens with zero attached hydrogens (tertiary/aromatic N) is 1. The molecule has 0 unspecified atom stereocenters. The first-order valence-corrected chi connectivity index (χ1v) is 4.28. The second-order valence-electron chi connectivity index (χ2n) is 1.87. The molecule has 0 heterocycles. The van der Waals surface area contributed by atoms with Crippen LogP contribution in [0.3, 0.4) is 0 Å². The SMILES string of the molecule is C=CCN(CC)C(=O)C=C.CC. The molecule has 0 aromatic rings. The van der Waals surface area contributed by atoms with Gasteiger partial charge < -0.3 is 4.90 Å². The van der Waals surface area contributed by atoms with Gasteiger partial charge in [0.25, 0.3) is 0 Å². The van der Waals surface area contributed by atoms with E-state index < -0.39 is 0 Å². The molecule has 0 spiro atoms. The van der Waals surface area contributed by atoms with E-state index in [9.17, 15) is 4.79 Å². The minimum absolute atomic E-state index is 0.0394. The predicted molar refractivity (Wildman–Crippen MR) is 54.0 cm³/mol. The van der Waals surface area contributed by atoms with E-state index in [1.807, 2.05) is 20.8 Å². The highest BCUT2D eigenvalue weighted by Gasteiger charge is 2.02. The van der Waals surface area contributed by atoms with Crippen LogP contribution in [-0.2, 0) is 4.79 Å². The van der Waals surface area contributed by atoms with Gasteiger partial charge in [-0.3, -0.25) is 4.79 Å². The lowest BCUT2D eigenvalue weighted by Crippen LogP contribution is -2.28. The van der Waals surface area contributed by atoms with E-state index in [0.29, 0.717) is 13.1 Å². The lowest BCUT2D eigenvalue weighted by Gasteiger charge is -2.15. The van der Waals surface area contributed by atoms with E-state index in [4.69, 9.17) is 0 Å². The van der Waals surface area contributed by atoms with Crippen molar-refractivity contribution in [2.24, 2.45) is 0 Å². The minimum Gasteiger partial charge on any atom is -0.336 e. The van der Waals surface area contributed by atoms with E-state index in [1.54, 1.807) is 11.0 Å². The molecule has 0 fully saturated rings. The fraction of sp³-hybridized carbons (Fsp3) is 0.500. The van der Waals surface area contributed by atoms with Gasteiger partial charge in [0.2, 0.25) is 5.91 Å². The minimum atomic E-state index is -0.0394. The third kappa shape index (κ3) is 5.71. The molecule has 0 rings (SSSR count). The molecule has 70 valence electrons. The van der Waals surface area contributed by atoms with Gasteiger partial charge >= 0.3 is 0 Å². The van der Waals surface area contributed by atoms with E-state index in [0.717, 1.165) is 0 Å². The molecule has 1 amide bonds. The molecule has 0 aromatic heterocycles. The van der Waals surface area contributed by atoms with Crippen LogP contribution in [0, 0.1) is 0 Å². The van der Waals surface area contributed by atoms with Crippen LogP contribution < -0.4 is 0 Å². The van der Waals surface area contributed by atoms with Gasteiger partial charge in [-0.25, -0.2) is 0 Å². The second kappa shape index (κ2) is 9.95. The van der Waals surface area contributed by atoms with Crippen LogP contribution in [0.1, 0.15) is 20.8 Å². The monoisotopic (exact) mass is 169 g/mol. The van der Waals surface area contributed by atoms with Gasteiger partial charge in [-0.15, -0.1) is 6.58 Å². The van der Waals surface area contributed by atoms with Crippen LogP contribution >= 0.6 is 0 Å². The lowest BCUT2D eigenvalue weighted by molar-refractivity contribution is -0.125. The zero-order valence-corrected chi connectivity index (χ0v) is 8.34. The molecule has 2 nitrogen and oxygen atoms in total. The summed E-state index contributed by atoms with van der Waals surface area (Å²) in [6.07, 6.45) is 3.01. The smallest absolute Gasteiger partial charge is 0.246 e. The molecule has 0 radical (unpaired) electrons. The van der Waals surface area contributed by atoms with Gasteiger partial charge in [0.15, 0.2) is 0 Å². The average molecular weight is 169 g/mol. The first-order chi connectivity index (χ1) is 5.76. The summed E-state index contributed by atoms with van der Waals surface area (Å²) in [5.41, 5.74) is 0. The summed E-state index contributed by atoms with van der Waals surface area (Å²) in [7, 11) is 0. The third-order valence-electron chi connectivity index (χ3n) is 1.22. The molecule has 0 atom stereocenters. The highest BCUT2D eigenvalue weighted by atomic mass is 16.2. The first kappa shape index (κ1) is 13.5. The molecule has 0 saturated heterocycles. The Morgan fingerprint density at radius 1 is 1.42 bits per heavy atom. The number of rotatable bonds is 4. The largest absolute Gasteiger partial charge is 0.336 e. The molecule has 0 aliphatic rings. The number of amides is 1.